The number of rotatable bonds is 4. The molecule has 2 heterocycles. The van der Waals surface area contributed by atoms with Gasteiger partial charge in [0.15, 0.2) is 0 Å². The maximum Gasteiger partial charge on any atom is 0.416 e. The summed E-state index contributed by atoms with van der Waals surface area (Å²) in [5, 5.41) is 2.53. The average molecular weight is 352 g/mol. The van der Waals surface area contributed by atoms with Gasteiger partial charge < -0.3 is 14.8 Å². The topological polar surface area (TPSA) is 50.2 Å². The second-order valence-electron chi connectivity index (χ2n) is 6.13. The first-order valence-electron chi connectivity index (χ1n) is 8.10. The first kappa shape index (κ1) is 17.3. The number of urea groups is 1. The molecule has 0 saturated carbocycles. The van der Waals surface area contributed by atoms with Crippen LogP contribution in [0.15, 0.2) is 36.7 Å². The van der Waals surface area contributed by atoms with Crippen molar-refractivity contribution in [3.63, 3.8) is 0 Å². The maximum absolute atomic E-state index is 12.7. The Morgan fingerprint density at radius 3 is 2.80 bits per heavy atom. The Hall–Kier alpha value is -2.51. The zero-order chi connectivity index (χ0) is 18.0. The minimum atomic E-state index is -4.43. The highest BCUT2D eigenvalue weighted by Gasteiger charge is 2.32. The molecular weight excluding hydrogens is 333 g/mol. The quantitative estimate of drug-likeness (QED) is 0.914. The molecule has 134 valence electrons. The van der Waals surface area contributed by atoms with Crippen molar-refractivity contribution in [2.45, 2.75) is 26.1 Å². The van der Waals surface area contributed by atoms with Crippen LogP contribution in [0.25, 0.3) is 0 Å². The number of carbonyl (C=O) groups is 1. The third-order valence-corrected chi connectivity index (χ3v) is 4.26. The predicted octanol–water partition coefficient (Wildman–Crippen LogP) is 3.63. The normalized spacial score (nSPS) is 15.1. The van der Waals surface area contributed by atoms with Crippen LogP contribution in [-0.4, -0.2) is 33.6 Å². The smallest absolute Gasteiger partial charge is 0.335 e. The molecule has 8 heteroatoms. The van der Waals surface area contributed by atoms with Crippen molar-refractivity contribution < 1.29 is 18.0 Å². The molecule has 1 aromatic carbocycles. The van der Waals surface area contributed by atoms with E-state index in [9.17, 15) is 18.0 Å². The van der Waals surface area contributed by atoms with Gasteiger partial charge in [-0.15, -0.1) is 0 Å². The van der Waals surface area contributed by atoms with E-state index in [0.717, 1.165) is 30.9 Å². The number of benzene rings is 1. The van der Waals surface area contributed by atoms with Gasteiger partial charge in [-0.05, 0) is 18.2 Å². The number of alkyl halides is 3. The van der Waals surface area contributed by atoms with Crippen LogP contribution < -0.4 is 5.32 Å². The predicted molar refractivity (Wildman–Crippen MR) is 87.1 cm³/mol. The number of hydrogen-bond donors (Lipinski definition) is 1. The number of halogens is 3. The van der Waals surface area contributed by atoms with Crippen molar-refractivity contribution in [1.29, 1.82) is 0 Å². The lowest BCUT2D eigenvalue weighted by atomic mass is 10.0. The Kier molecular flexibility index (Phi) is 4.69. The standard InChI is InChI=1S/C17H19F3N4O/c1-2-15-21-6-7-23(15)9-12-10-24(11-12)16(25)22-14-5-3-4-13(8-14)17(18,19)20/h3-8,12H,2,9-11H2,1H3,(H,22,25). The van der Waals surface area contributed by atoms with Crippen LogP contribution in [0.2, 0.25) is 0 Å². The van der Waals surface area contributed by atoms with Crippen LogP contribution in [0, 0.1) is 5.92 Å². The molecule has 2 aromatic rings. The van der Waals surface area contributed by atoms with E-state index < -0.39 is 11.7 Å². The number of aryl methyl sites for hydroxylation is 1. The number of nitrogens with one attached hydrogen (secondary N) is 1. The molecule has 3 rings (SSSR count). The summed E-state index contributed by atoms with van der Waals surface area (Å²) < 4.78 is 40.2. The highest BCUT2D eigenvalue weighted by molar-refractivity contribution is 5.89. The first-order chi connectivity index (χ1) is 11.9. The van der Waals surface area contributed by atoms with Crippen LogP contribution in [-0.2, 0) is 19.1 Å². The van der Waals surface area contributed by atoms with Gasteiger partial charge in [-0.3, -0.25) is 0 Å². The minimum Gasteiger partial charge on any atom is -0.335 e. The van der Waals surface area contributed by atoms with Crippen LogP contribution in [0.3, 0.4) is 0 Å². The molecule has 0 bridgehead atoms. The summed E-state index contributed by atoms with van der Waals surface area (Å²) in [5.41, 5.74) is -0.634. The van der Waals surface area contributed by atoms with E-state index in [-0.39, 0.29) is 11.7 Å². The van der Waals surface area contributed by atoms with Gasteiger partial charge in [-0.2, -0.15) is 13.2 Å². The summed E-state index contributed by atoms with van der Waals surface area (Å²) in [6.07, 6.45) is 0.101. The molecule has 0 atom stereocenters. The number of carbonyl (C=O) groups excluding carboxylic acids is 1. The summed E-state index contributed by atoms with van der Waals surface area (Å²) >= 11 is 0. The number of amides is 2. The monoisotopic (exact) mass is 352 g/mol. The highest BCUT2D eigenvalue weighted by Crippen LogP contribution is 2.31. The largest absolute Gasteiger partial charge is 0.416 e. The lowest BCUT2D eigenvalue weighted by Crippen LogP contribution is -2.53. The average Bonchev–Trinajstić information content (AvgIpc) is 2.97. The molecule has 0 spiro atoms. The number of anilines is 1. The van der Waals surface area contributed by atoms with E-state index in [4.69, 9.17) is 0 Å². The van der Waals surface area contributed by atoms with Crippen LogP contribution in [0.1, 0.15) is 18.3 Å². The van der Waals surface area contributed by atoms with Crippen molar-refractivity contribution in [3.05, 3.63) is 48.0 Å². The molecule has 1 fully saturated rings. The SMILES string of the molecule is CCc1nccn1CC1CN(C(=O)Nc2cccc(C(F)(F)F)c2)C1. The molecule has 1 aliphatic rings. The maximum atomic E-state index is 12.7. The van der Waals surface area contributed by atoms with Gasteiger partial charge in [0, 0.05) is 50.1 Å². The fraction of sp³-hybridized carbons (Fsp3) is 0.412. The lowest BCUT2D eigenvalue weighted by Gasteiger charge is -2.39. The van der Waals surface area contributed by atoms with Crippen molar-refractivity contribution >= 4 is 11.7 Å². The molecule has 0 aliphatic carbocycles. The zero-order valence-electron chi connectivity index (χ0n) is 13.8. The van der Waals surface area contributed by atoms with E-state index in [1.807, 2.05) is 13.1 Å². The minimum absolute atomic E-state index is 0.145. The molecule has 0 unspecified atom stereocenters. The third-order valence-electron chi connectivity index (χ3n) is 4.26. The zero-order valence-corrected chi connectivity index (χ0v) is 13.8. The van der Waals surface area contributed by atoms with E-state index >= 15 is 0 Å². The van der Waals surface area contributed by atoms with Gasteiger partial charge in [0.1, 0.15) is 5.82 Å². The summed E-state index contributed by atoms with van der Waals surface area (Å²) in [6.45, 7) is 3.98. The van der Waals surface area contributed by atoms with Crippen molar-refractivity contribution in [2.75, 3.05) is 18.4 Å². The van der Waals surface area contributed by atoms with Gasteiger partial charge in [0.05, 0.1) is 5.56 Å². The Morgan fingerprint density at radius 1 is 1.36 bits per heavy atom. The van der Waals surface area contributed by atoms with E-state index in [1.54, 1.807) is 11.1 Å². The van der Waals surface area contributed by atoms with Crippen molar-refractivity contribution in [1.82, 2.24) is 14.5 Å². The Labute approximate surface area is 143 Å². The second-order valence-corrected chi connectivity index (χ2v) is 6.13. The molecule has 1 aromatic heterocycles. The van der Waals surface area contributed by atoms with E-state index in [1.165, 1.54) is 12.1 Å². The van der Waals surface area contributed by atoms with Gasteiger partial charge >= 0.3 is 12.2 Å². The van der Waals surface area contributed by atoms with Gasteiger partial charge in [0.25, 0.3) is 0 Å². The number of aromatic nitrogens is 2. The van der Waals surface area contributed by atoms with E-state index in [0.29, 0.717) is 19.0 Å². The number of nitrogens with zero attached hydrogens (tertiary/aromatic N) is 3. The molecule has 2 amide bonds. The van der Waals surface area contributed by atoms with E-state index in [2.05, 4.69) is 14.9 Å². The number of imidazole rings is 1. The van der Waals surface area contributed by atoms with Gasteiger partial charge in [-0.1, -0.05) is 13.0 Å². The Balaban J connectivity index is 1.53. The van der Waals surface area contributed by atoms with Crippen LogP contribution in [0.5, 0.6) is 0 Å². The van der Waals surface area contributed by atoms with Gasteiger partial charge in [-0.25, -0.2) is 9.78 Å². The summed E-state index contributed by atoms with van der Waals surface area (Å²) in [7, 11) is 0. The molecular formula is C17H19F3N4O. The Morgan fingerprint density at radius 2 is 2.12 bits per heavy atom. The summed E-state index contributed by atoms with van der Waals surface area (Å²) in [4.78, 5) is 18.0. The summed E-state index contributed by atoms with van der Waals surface area (Å²) in [6, 6.07) is 4.27. The fourth-order valence-electron chi connectivity index (χ4n) is 2.93. The van der Waals surface area contributed by atoms with Crippen molar-refractivity contribution in [2.24, 2.45) is 5.92 Å². The first-order valence-corrected chi connectivity index (χ1v) is 8.10. The molecule has 1 aliphatic heterocycles. The molecule has 0 radical (unpaired) electrons. The van der Waals surface area contributed by atoms with Crippen LogP contribution in [0.4, 0.5) is 23.7 Å². The summed E-state index contributed by atoms with van der Waals surface area (Å²) in [5.74, 6) is 1.33. The molecule has 5 nitrogen and oxygen atoms in total. The molecule has 25 heavy (non-hydrogen) atoms. The molecule has 1 saturated heterocycles. The van der Waals surface area contributed by atoms with Crippen LogP contribution >= 0.6 is 0 Å². The lowest BCUT2D eigenvalue weighted by molar-refractivity contribution is -0.137. The number of likely N-dealkylation sites (tertiary alicyclic amines) is 1. The molecule has 1 N–H and O–H groups in total. The van der Waals surface area contributed by atoms with Crippen molar-refractivity contribution in [3.8, 4) is 0 Å². The van der Waals surface area contributed by atoms with Gasteiger partial charge in [0.2, 0.25) is 0 Å². The highest BCUT2D eigenvalue weighted by atomic mass is 19.4. The third kappa shape index (κ3) is 3.94. The Bertz CT molecular complexity index is 750. The number of hydrogen-bond acceptors (Lipinski definition) is 2. The second kappa shape index (κ2) is 6.78. The fourth-order valence-corrected chi connectivity index (χ4v) is 2.93.